The van der Waals surface area contributed by atoms with Crippen LogP contribution in [0.4, 0.5) is 5.82 Å². The molecule has 0 aromatic carbocycles. The summed E-state index contributed by atoms with van der Waals surface area (Å²) in [4.78, 5) is 4.50. The number of rotatable bonds is 8. The number of morpholine rings is 1. The summed E-state index contributed by atoms with van der Waals surface area (Å²) in [5.74, 6) is 0.873. The van der Waals surface area contributed by atoms with E-state index in [1.54, 1.807) is 6.20 Å². The van der Waals surface area contributed by atoms with Crippen molar-refractivity contribution in [2.75, 3.05) is 64.6 Å². The molecule has 1 aromatic rings. The Balaban J connectivity index is 1.34. The van der Waals surface area contributed by atoms with E-state index in [0.717, 1.165) is 64.8 Å². The van der Waals surface area contributed by atoms with Gasteiger partial charge in [-0.05, 0) is 25.0 Å². The van der Waals surface area contributed by atoms with Crippen molar-refractivity contribution in [3.05, 3.63) is 18.3 Å². The van der Waals surface area contributed by atoms with E-state index >= 15 is 0 Å². The van der Waals surface area contributed by atoms with Gasteiger partial charge < -0.3 is 19.1 Å². The molecule has 2 saturated heterocycles. The van der Waals surface area contributed by atoms with Crippen molar-refractivity contribution in [3.8, 4) is 0 Å². The van der Waals surface area contributed by atoms with Crippen LogP contribution in [-0.2, 0) is 14.2 Å². The lowest BCUT2D eigenvalue weighted by Crippen LogP contribution is -2.48. The van der Waals surface area contributed by atoms with Crippen LogP contribution in [-0.4, -0.2) is 87.0 Å². The molecule has 3 rings (SSSR count). The monoisotopic (exact) mass is 336 g/mol. The molecule has 0 saturated carbocycles. The lowest BCUT2D eigenvalue weighted by Gasteiger charge is -2.34. The van der Waals surface area contributed by atoms with Gasteiger partial charge in [0.2, 0.25) is 0 Å². The Bertz CT molecular complexity index is 470. The van der Waals surface area contributed by atoms with Crippen LogP contribution in [0.1, 0.15) is 12.8 Å². The van der Waals surface area contributed by atoms with Crippen molar-refractivity contribution in [1.82, 2.24) is 15.1 Å². The molecule has 24 heavy (non-hydrogen) atoms. The van der Waals surface area contributed by atoms with Gasteiger partial charge >= 0.3 is 0 Å². The van der Waals surface area contributed by atoms with Crippen molar-refractivity contribution >= 4 is 5.82 Å². The first-order valence-electron chi connectivity index (χ1n) is 8.83. The summed E-state index contributed by atoms with van der Waals surface area (Å²) < 4.78 is 17.2. The van der Waals surface area contributed by atoms with E-state index in [0.29, 0.717) is 6.10 Å². The number of aromatic nitrogens is 2. The zero-order valence-corrected chi connectivity index (χ0v) is 14.5. The van der Waals surface area contributed by atoms with Gasteiger partial charge in [0.15, 0.2) is 5.82 Å². The van der Waals surface area contributed by atoms with Gasteiger partial charge in [0.1, 0.15) is 0 Å². The maximum atomic E-state index is 5.90. The minimum absolute atomic E-state index is 0.184. The zero-order valence-electron chi connectivity index (χ0n) is 14.5. The molecule has 1 aromatic heterocycles. The van der Waals surface area contributed by atoms with E-state index in [1.165, 1.54) is 6.42 Å². The summed E-state index contributed by atoms with van der Waals surface area (Å²) in [7, 11) is 2.02. The Labute approximate surface area is 143 Å². The smallest absolute Gasteiger partial charge is 0.151 e. The van der Waals surface area contributed by atoms with E-state index in [1.807, 2.05) is 19.2 Å². The van der Waals surface area contributed by atoms with Crippen molar-refractivity contribution in [2.24, 2.45) is 0 Å². The van der Waals surface area contributed by atoms with Crippen LogP contribution in [0.25, 0.3) is 0 Å². The molecule has 0 amide bonds. The fraction of sp³-hybridized carbons (Fsp3) is 0.765. The normalized spacial score (nSPS) is 25.0. The third-order valence-corrected chi connectivity index (χ3v) is 4.53. The van der Waals surface area contributed by atoms with E-state index in [2.05, 4.69) is 20.0 Å². The molecule has 0 bridgehead atoms. The summed E-state index contributed by atoms with van der Waals surface area (Å²) in [5, 5.41) is 8.06. The predicted octanol–water partition coefficient (Wildman–Crippen LogP) is 0.809. The summed E-state index contributed by atoms with van der Waals surface area (Å²) in [6, 6.07) is 3.87. The molecule has 0 radical (unpaired) electrons. The Hall–Kier alpha value is -1.28. The average molecular weight is 336 g/mol. The molecule has 2 aliphatic heterocycles. The number of nitrogens with zero attached hydrogens (tertiary/aromatic N) is 4. The topological polar surface area (TPSA) is 60.0 Å². The van der Waals surface area contributed by atoms with Crippen LogP contribution < -0.4 is 4.90 Å². The van der Waals surface area contributed by atoms with Crippen LogP contribution in [0.3, 0.4) is 0 Å². The van der Waals surface area contributed by atoms with E-state index in [9.17, 15) is 0 Å². The van der Waals surface area contributed by atoms with E-state index < -0.39 is 0 Å². The van der Waals surface area contributed by atoms with E-state index in [4.69, 9.17) is 14.2 Å². The fourth-order valence-corrected chi connectivity index (χ4v) is 3.17. The Morgan fingerprint density at radius 3 is 3.04 bits per heavy atom. The minimum Gasteiger partial charge on any atom is -0.377 e. The Morgan fingerprint density at radius 1 is 1.33 bits per heavy atom. The van der Waals surface area contributed by atoms with E-state index in [-0.39, 0.29) is 6.10 Å². The second kappa shape index (κ2) is 9.27. The number of hydrogen-bond acceptors (Lipinski definition) is 7. The van der Waals surface area contributed by atoms with Crippen LogP contribution in [0, 0.1) is 0 Å². The molecular formula is C17H28N4O3. The third-order valence-electron chi connectivity index (χ3n) is 4.53. The standard InChI is InChI=1S/C17H28N4O3/c1-20(17-5-2-6-18-19-17)12-16-13-21(8-11-24-16)7-10-22-14-15-4-3-9-23-15/h2,5-6,15-16H,3-4,7-14H2,1H3. The highest BCUT2D eigenvalue weighted by Gasteiger charge is 2.22. The highest BCUT2D eigenvalue weighted by molar-refractivity contribution is 5.35. The van der Waals surface area contributed by atoms with Gasteiger partial charge in [0.05, 0.1) is 32.0 Å². The molecule has 0 N–H and O–H groups in total. The highest BCUT2D eigenvalue weighted by Crippen LogP contribution is 2.13. The molecule has 7 heteroatoms. The van der Waals surface area contributed by atoms with Gasteiger partial charge in [-0.15, -0.1) is 5.10 Å². The van der Waals surface area contributed by atoms with Gasteiger partial charge in [0.25, 0.3) is 0 Å². The van der Waals surface area contributed by atoms with Gasteiger partial charge in [0, 0.05) is 46.0 Å². The van der Waals surface area contributed by atoms with Gasteiger partial charge in [-0.25, -0.2) is 0 Å². The predicted molar refractivity (Wildman–Crippen MR) is 91.3 cm³/mol. The number of hydrogen-bond donors (Lipinski definition) is 0. The number of ether oxygens (including phenoxy) is 3. The molecule has 2 atom stereocenters. The average Bonchev–Trinajstić information content (AvgIpc) is 3.13. The molecule has 7 nitrogen and oxygen atoms in total. The summed E-state index contributed by atoms with van der Waals surface area (Å²) >= 11 is 0. The summed E-state index contributed by atoms with van der Waals surface area (Å²) in [5.41, 5.74) is 0. The summed E-state index contributed by atoms with van der Waals surface area (Å²) in [6.45, 7) is 6.79. The molecule has 2 unspecified atom stereocenters. The second-order valence-corrected chi connectivity index (χ2v) is 6.47. The quantitative estimate of drug-likeness (QED) is 0.651. The van der Waals surface area contributed by atoms with Gasteiger partial charge in [-0.2, -0.15) is 5.10 Å². The second-order valence-electron chi connectivity index (χ2n) is 6.47. The maximum absolute atomic E-state index is 5.90. The first-order chi connectivity index (χ1) is 11.8. The van der Waals surface area contributed by atoms with Crippen molar-refractivity contribution < 1.29 is 14.2 Å². The lowest BCUT2D eigenvalue weighted by atomic mass is 10.2. The number of likely N-dealkylation sites (N-methyl/N-ethyl adjacent to an activating group) is 1. The molecule has 0 aliphatic carbocycles. The van der Waals surface area contributed by atoms with Crippen LogP contribution in [0.2, 0.25) is 0 Å². The number of anilines is 1. The van der Waals surface area contributed by atoms with Gasteiger partial charge in [-0.1, -0.05) is 0 Å². The Morgan fingerprint density at radius 2 is 2.25 bits per heavy atom. The zero-order chi connectivity index (χ0) is 16.6. The Kier molecular flexibility index (Phi) is 6.77. The largest absolute Gasteiger partial charge is 0.377 e. The van der Waals surface area contributed by atoms with Crippen LogP contribution >= 0.6 is 0 Å². The molecule has 134 valence electrons. The van der Waals surface area contributed by atoms with Crippen LogP contribution in [0.15, 0.2) is 18.3 Å². The maximum Gasteiger partial charge on any atom is 0.151 e. The first kappa shape index (κ1) is 17.5. The fourth-order valence-electron chi connectivity index (χ4n) is 3.17. The van der Waals surface area contributed by atoms with Crippen molar-refractivity contribution in [3.63, 3.8) is 0 Å². The molecule has 3 heterocycles. The van der Waals surface area contributed by atoms with Crippen LogP contribution in [0.5, 0.6) is 0 Å². The van der Waals surface area contributed by atoms with Crippen molar-refractivity contribution in [1.29, 1.82) is 0 Å². The molecule has 2 fully saturated rings. The molecular weight excluding hydrogens is 308 g/mol. The lowest BCUT2D eigenvalue weighted by molar-refractivity contribution is -0.0384. The molecule has 0 spiro atoms. The first-order valence-corrected chi connectivity index (χ1v) is 8.83. The summed E-state index contributed by atoms with van der Waals surface area (Å²) in [6.07, 6.45) is 4.48. The third kappa shape index (κ3) is 5.37. The molecule has 2 aliphatic rings. The van der Waals surface area contributed by atoms with Gasteiger partial charge in [-0.3, -0.25) is 4.90 Å². The SMILES string of the molecule is CN(CC1CN(CCOCC2CCCO2)CCO1)c1cccnn1. The van der Waals surface area contributed by atoms with Crippen molar-refractivity contribution in [2.45, 2.75) is 25.0 Å². The minimum atomic E-state index is 0.184. The highest BCUT2D eigenvalue weighted by atomic mass is 16.5.